The molecule has 0 bridgehead atoms. The topological polar surface area (TPSA) is 34.9 Å². The highest BCUT2D eigenvalue weighted by atomic mass is 32.1. The Morgan fingerprint density at radius 2 is 2.24 bits per heavy atom. The molecule has 0 aliphatic heterocycles. The summed E-state index contributed by atoms with van der Waals surface area (Å²) in [5.41, 5.74) is 1.10. The highest BCUT2D eigenvalue weighted by molar-refractivity contribution is 7.14. The van der Waals surface area contributed by atoms with Gasteiger partial charge in [0.15, 0.2) is 5.78 Å². The zero-order valence-corrected chi connectivity index (χ0v) is 11.0. The van der Waals surface area contributed by atoms with E-state index < -0.39 is 0 Å². The van der Waals surface area contributed by atoms with Crippen molar-refractivity contribution in [2.75, 3.05) is 0 Å². The number of nitrogens with zero attached hydrogens (tertiary/aromatic N) is 2. The van der Waals surface area contributed by atoms with E-state index in [4.69, 9.17) is 0 Å². The van der Waals surface area contributed by atoms with Gasteiger partial charge in [-0.05, 0) is 31.0 Å². The van der Waals surface area contributed by atoms with Gasteiger partial charge in [0.05, 0.1) is 4.88 Å². The van der Waals surface area contributed by atoms with E-state index in [1.807, 2.05) is 29.9 Å². The highest BCUT2D eigenvalue weighted by Crippen LogP contribution is 2.19. The van der Waals surface area contributed by atoms with Crippen LogP contribution in [0, 0.1) is 0 Å². The summed E-state index contributed by atoms with van der Waals surface area (Å²) in [5.74, 6) is 0.232. The number of carbonyl (C=O) groups excluding carboxylic acids is 1. The molecule has 0 atom stereocenters. The third-order valence-electron chi connectivity index (χ3n) is 2.82. The average Bonchev–Trinajstić information content (AvgIpc) is 2.94. The van der Waals surface area contributed by atoms with Gasteiger partial charge in [0.1, 0.15) is 0 Å². The first kappa shape index (κ1) is 12.0. The van der Waals surface area contributed by atoms with Gasteiger partial charge >= 0.3 is 0 Å². The lowest BCUT2D eigenvalue weighted by Gasteiger charge is -2.00. The molecular weight excluding hydrogens is 232 g/mol. The Morgan fingerprint density at radius 1 is 1.41 bits per heavy atom. The number of aryl methyl sites for hydroxylation is 3. The van der Waals surface area contributed by atoms with Gasteiger partial charge < -0.3 is 0 Å². The van der Waals surface area contributed by atoms with E-state index in [0.717, 1.165) is 23.4 Å². The summed E-state index contributed by atoms with van der Waals surface area (Å²) in [5, 5.41) is 4.09. The second kappa shape index (κ2) is 5.27. The number of aromatic nitrogens is 2. The lowest BCUT2D eigenvalue weighted by atomic mass is 10.1. The monoisotopic (exact) mass is 248 g/mol. The molecule has 0 aliphatic carbocycles. The minimum absolute atomic E-state index is 0.232. The van der Waals surface area contributed by atoms with Gasteiger partial charge in [-0.1, -0.05) is 6.92 Å². The third-order valence-corrected chi connectivity index (χ3v) is 4.09. The number of thiophene rings is 1. The fraction of sp³-hybridized carbons (Fsp3) is 0.385. The van der Waals surface area contributed by atoms with Crippen molar-refractivity contribution in [2.24, 2.45) is 7.05 Å². The van der Waals surface area contributed by atoms with Crippen molar-refractivity contribution in [1.29, 1.82) is 0 Å². The second-order valence-corrected chi connectivity index (χ2v) is 5.16. The standard InChI is InChI=1S/C13H16N2OS/c1-3-11-5-7-13(17-11)12(16)6-4-10-8-9-14-15(10)2/h5,7-9H,3-4,6H2,1-2H3. The van der Waals surface area contributed by atoms with E-state index in [1.54, 1.807) is 17.5 Å². The molecule has 90 valence electrons. The Labute approximate surface area is 105 Å². The second-order valence-electron chi connectivity index (χ2n) is 3.99. The summed E-state index contributed by atoms with van der Waals surface area (Å²) < 4.78 is 1.82. The first-order valence-corrected chi connectivity index (χ1v) is 6.61. The quantitative estimate of drug-likeness (QED) is 0.763. The molecule has 2 aromatic heterocycles. The number of Topliss-reactive ketones (excluding diaryl/α,β-unsaturated/α-hetero) is 1. The maximum atomic E-state index is 12.0. The van der Waals surface area contributed by atoms with Crippen molar-refractivity contribution in [1.82, 2.24) is 9.78 Å². The Balaban J connectivity index is 1.95. The largest absolute Gasteiger partial charge is 0.293 e. The summed E-state index contributed by atoms with van der Waals surface area (Å²) >= 11 is 1.61. The summed E-state index contributed by atoms with van der Waals surface area (Å²) in [6, 6.07) is 5.94. The van der Waals surface area contributed by atoms with Crippen molar-refractivity contribution in [3.8, 4) is 0 Å². The Hall–Kier alpha value is -1.42. The molecule has 0 amide bonds. The van der Waals surface area contributed by atoms with Gasteiger partial charge in [-0.25, -0.2) is 0 Å². The predicted octanol–water partition coefficient (Wildman–Crippen LogP) is 2.86. The Bertz CT molecular complexity index is 513. The van der Waals surface area contributed by atoms with Crippen molar-refractivity contribution in [2.45, 2.75) is 26.2 Å². The van der Waals surface area contributed by atoms with E-state index >= 15 is 0 Å². The number of hydrogen-bond donors (Lipinski definition) is 0. The smallest absolute Gasteiger partial charge is 0.173 e. The molecule has 0 fully saturated rings. The Kier molecular flexibility index (Phi) is 3.74. The van der Waals surface area contributed by atoms with Crippen molar-refractivity contribution < 1.29 is 4.79 Å². The van der Waals surface area contributed by atoms with Crippen LogP contribution in [0.15, 0.2) is 24.4 Å². The molecule has 2 aromatic rings. The first-order chi connectivity index (χ1) is 8.20. The predicted molar refractivity (Wildman–Crippen MR) is 69.6 cm³/mol. The van der Waals surface area contributed by atoms with E-state index in [-0.39, 0.29) is 5.78 Å². The third kappa shape index (κ3) is 2.82. The average molecular weight is 248 g/mol. The van der Waals surface area contributed by atoms with Gasteiger partial charge in [0, 0.05) is 30.2 Å². The SMILES string of the molecule is CCc1ccc(C(=O)CCc2ccnn2C)s1. The van der Waals surface area contributed by atoms with Crippen LogP contribution >= 0.6 is 11.3 Å². The number of carbonyl (C=O) groups is 1. The molecule has 0 N–H and O–H groups in total. The summed E-state index contributed by atoms with van der Waals surface area (Å²) in [6.07, 6.45) is 4.08. The lowest BCUT2D eigenvalue weighted by molar-refractivity contribution is 0.0986. The summed E-state index contributed by atoms with van der Waals surface area (Å²) in [7, 11) is 1.90. The highest BCUT2D eigenvalue weighted by Gasteiger charge is 2.10. The minimum Gasteiger partial charge on any atom is -0.293 e. The van der Waals surface area contributed by atoms with Gasteiger partial charge in [-0.15, -0.1) is 11.3 Å². The van der Waals surface area contributed by atoms with Crippen LogP contribution in [0.2, 0.25) is 0 Å². The van der Waals surface area contributed by atoms with Crippen LogP contribution in [0.5, 0.6) is 0 Å². The van der Waals surface area contributed by atoms with Crippen LogP contribution in [0.25, 0.3) is 0 Å². The number of rotatable bonds is 5. The molecule has 0 saturated carbocycles. The molecule has 17 heavy (non-hydrogen) atoms. The van der Waals surface area contributed by atoms with Crippen LogP contribution in [-0.4, -0.2) is 15.6 Å². The molecule has 0 spiro atoms. The Morgan fingerprint density at radius 3 is 2.82 bits per heavy atom. The maximum absolute atomic E-state index is 12.0. The summed E-state index contributed by atoms with van der Waals surface area (Å²) in [4.78, 5) is 14.1. The van der Waals surface area contributed by atoms with Crippen molar-refractivity contribution in [3.05, 3.63) is 39.8 Å². The first-order valence-electron chi connectivity index (χ1n) is 5.79. The molecular formula is C13H16N2OS. The molecule has 3 nitrogen and oxygen atoms in total. The summed E-state index contributed by atoms with van der Waals surface area (Å²) in [6.45, 7) is 2.11. The fourth-order valence-electron chi connectivity index (χ4n) is 1.73. The van der Waals surface area contributed by atoms with E-state index in [1.165, 1.54) is 4.88 Å². The van der Waals surface area contributed by atoms with E-state index in [0.29, 0.717) is 6.42 Å². The van der Waals surface area contributed by atoms with Gasteiger partial charge in [0.2, 0.25) is 0 Å². The zero-order valence-electron chi connectivity index (χ0n) is 10.1. The molecule has 0 unspecified atom stereocenters. The van der Waals surface area contributed by atoms with Crippen LogP contribution < -0.4 is 0 Å². The van der Waals surface area contributed by atoms with E-state index in [2.05, 4.69) is 12.0 Å². The molecule has 2 rings (SSSR count). The number of hydrogen-bond acceptors (Lipinski definition) is 3. The van der Waals surface area contributed by atoms with Crippen LogP contribution in [0.1, 0.15) is 33.6 Å². The van der Waals surface area contributed by atoms with Crippen LogP contribution in [0.3, 0.4) is 0 Å². The molecule has 2 heterocycles. The van der Waals surface area contributed by atoms with E-state index in [9.17, 15) is 4.79 Å². The van der Waals surface area contributed by atoms with Gasteiger partial charge in [-0.3, -0.25) is 9.48 Å². The zero-order chi connectivity index (χ0) is 12.3. The lowest BCUT2D eigenvalue weighted by Crippen LogP contribution is -2.03. The molecule has 0 saturated heterocycles. The number of ketones is 1. The van der Waals surface area contributed by atoms with Crippen molar-refractivity contribution in [3.63, 3.8) is 0 Å². The van der Waals surface area contributed by atoms with Crippen LogP contribution in [0.4, 0.5) is 0 Å². The maximum Gasteiger partial charge on any atom is 0.173 e. The normalized spacial score (nSPS) is 10.7. The minimum atomic E-state index is 0.232. The molecule has 4 heteroatoms. The van der Waals surface area contributed by atoms with Crippen LogP contribution in [-0.2, 0) is 19.9 Å². The van der Waals surface area contributed by atoms with Gasteiger partial charge in [0.25, 0.3) is 0 Å². The fourth-order valence-corrected chi connectivity index (χ4v) is 2.64. The van der Waals surface area contributed by atoms with Crippen molar-refractivity contribution >= 4 is 17.1 Å². The molecule has 0 radical (unpaired) electrons. The molecule has 0 aliphatic rings. The van der Waals surface area contributed by atoms with Gasteiger partial charge in [-0.2, -0.15) is 5.10 Å². The molecule has 0 aromatic carbocycles.